The lowest BCUT2D eigenvalue weighted by Crippen LogP contribution is -2.01. The van der Waals surface area contributed by atoms with Gasteiger partial charge in [-0.3, -0.25) is 0 Å². The van der Waals surface area contributed by atoms with Crippen LogP contribution in [0.25, 0.3) is 0 Å². The van der Waals surface area contributed by atoms with Gasteiger partial charge >= 0.3 is 5.97 Å². The first-order valence-corrected chi connectivity index (χ1v) is 7.54. The highest BCUT2D eigenvalue weighted by Gasteiger charge is 2.15. The van der Waals surface area contributed by atoms with Crippen LogP contribution in [-0.4, -0.2) is 13.1 Å². The lowest BCUT2D eigenvalue weighted by atomic mass is 10.2. The van der Waals surface area contributed by atoms with Gasteiger partial charge in [0.15, 0.2) is 0 Å². The Morgan fingerprint density at radius 3 is 2.76 bits per heavy atom. The van der Waals surface area contributed by atoms with Crippen molar-refractivity contribution in [2.45, 2.75) is 13.5 Å². The Hall–Kier alpha value is -1.17. The predicted octanol–water partition coefficient (Wildman–Crippen LogP) is 5.06. The molecule has 1 aromatic carbocycles. The van der Waals surface area contributed by atoms with Crippen LogP contribution < -0.4 is 5.32 Å². The summed E-state index contributed by atoms with van der Waals surface area (Å²) in [6.07, 6.45) is 0. The Labute approximate surface area is 140 Å². The fraction of sp³-hybridized carbons (Fsp3) is 0.214. The zero-order valence-electron chi connectivity index (χ0n) is 11.3. The third-order valence-electron chi connectivity index (χ3n) is 2.86. The zero-order valence-corrected chi connectivity index (χ0v) is 14.4. The van der Waals surface area contributed by atoms with E-state index in [0.29, 0.717) is 39.4 Å². The smallest absolute Gasteiger partial charge is 0.341 e. The minimum Gasteiger partial charge on any atom is -0.465 e. The lowest BCUT2D eigenvalue weighted by Gasteiger charge is -2.09. The molecule has 4 nitrogen and oxygen atoms in total. The number of hydrogen-bond acceptors (Lipinski definition) is 4. The molecule has 0 spiro atoms. The van der Waals surface area contributed by atoms with E-state index in [4.69, 9.17) is 27.6 Å². The molecule has 1 aromatic heterocycles. The van der Waals surface area contributed by atoms with Crippen molar-refractivity contribution in [3.8, 4) is 0 Å². The SMILES string of the molecule is COC(=O)c1cc(CNc2ccc(Br)c(Cl)c2Cl)oc1C. The number of aryl methyl sites for hydroxylation is 1. The molecule has 0 saturated heterocycles. The molecule has 0 aliphatic heterocycles. The highest BCUT2D eigenvalue weighted by atomic mass is 79.9. The summed E-state index contributed by atoms with van der Waals surface area (Å²) in [5, 5.41) is 3.97. The summed E-state index contributed by atoms with van der Waals surface area (Å²) >= 11 is 15.5. The second-order valence-electron chi connectivity index (χ2n) is 4.25. The summed E-state index contributed by atoms with van der Waals surface area (Å²) < 4.78 is 10.9. The largest absolute Gasteiger partial charge is 0.465 e. The average molecular weight is 393 g/mol. The maximum atomic E-state index is 11.5. The number of hydrogen-bond donors (Lipinski definition) is 1. The standard InChI is InChI=1S/C14H12BrCl2NO3/c1-7-9(14(19)20-2)5-8(21-7)6-18-11-4-3-10(15)12(16)13(11)17/h3-5,18H,6H2,1-2H3. The van der Waals surface area contributed by atoms with Gasteiger partial charge < -0.3 is 14.5 Å². The second kappa shape index (κ2) is 6.73. The van der Waals surface area contributed by atoms with Gasteiger partial charge in [0, 0.05) is 4.47 Å². The van der Waals surface area contributed by atoms with E-state index in [2.05, 4.69) is 26.0 Å². The van der Waals surface area contributed by atoms with E-state index >= 15 is 0 Å². The van der Waals surface area contributed by atoms with Crippen LogP contribution in [0.5, 0.6) is 0 Å². The normalized spacial score (nSPS) is 10.5. The number of halogens is 3. The number of carbonyl (C=O) groups excluding carboxylic acids is 1. The van der Waals surface area contributed by atoms with Gasteiger partial charge in [-0.2, -0.15) is 0 Å². The van der Waals surface area contributed by atoms with Gasteiger partial charge in [0.2, 0.25) is 0 Å². The van der Waals surface area contributed by atoms with Crippen molar-refractivity contribution in [1.82, 2.24) is 0 Å². The van der Waals surface area contributed by atoms with Crippen molar-refractivity contribution in [2.24, 2.45) is 0 Å². The van der Waals surface area contributed by atoms with Gasteiger partial charge in [-0.1, -0.05) is 23.2 Å². The zero-order chi connectivity index (χ0) is 15.6. The number of furan rings is 1. The first kappa shape index (κ1) is 16.2. The van der Waals surface area contributed by atoms with Gasteiger partial charge in [-0.05, 0) is 41.1 Å². The Morgan fingerprint density at radius 1 is 1.38 bits per heavy atom. The molecule has 1 heterocycles. The van der Waals surface area contributed by atoms with Gasteiger partial charge in [0.1, 0.15) is 17.1 Å². The Kier molecular flexibility index (Phi) is 5.19. The van der Waals surface area contributed by atoms with Crippen molar-refractivity contribution in [1.29, 1.82) is 0 Å². The molecule has 0 amide bonds. The van der Waals surface area contributed by atoms with E-state index in [-0.39, 0.29) is 0 Å². The number of anilines is 1. The fourth-order valence-corrected chi connectivity index (χ4v) is 2.63. The third-order valence-corrected chi connectivity index (χ3v) is 4.63. The molecule has 0 fully saturated rings. The topological polar surface area (TPSA) is 51.5 Å². The maximum Gasteiger partial charge on any atom is 0.341 e. The van der Waals surface area contributed by atoms with Crippen molar-refractivity contribution in [3.63, 3.8) is 0 Å². The van der Waals surface area contributed by atoms with Crippen LogP contribution in [-0.2, 0) is 11.3 Å². The highest BCUT2D eigenvalue weighted by Crippen LogP contribution is 2.36. The number of carbonyl (C=O) groups is 1. The predicted molar refractivity (Wildman–Crippen MR) is 86.3 cm³/mol. The van der Waals surface area contributed by atoms with Crippen LogP contribution in [0.1, 0.15) is 21.9 Å². The molecule has 21 heavy (non-hydrogen) atoms. The monoisotopic (exact) mass is 391 g/mol. The van der Waals surface area contributed by atoms with E-state index in [1.54, 1.807) is 25.1 Å². The number of ether oxygens (including phenoxy) is 1. The minimum atomic E-state index is -0.424. The number of nitrogens with one attached hydrogen (secondary N) is 1. The molecule has 0 saturated carbocycles. The quantitative estimate of drug-likeness (QED) is 0.583. The van der Waals surface area contributed by atoms with Crippen LogP contribution in [0.2, 0.25) is 10.0 Å². The van der Waals surface area contributed by atoms with E-state index in [9.17, 15) is 4.79 Å². The van der Waals surface area contributed by atoms with Gasteiger partial charge in [-0.15, -0.1) is 0 Å². The summed E-state index contributed by atoms with van der Waals surface area (Å²) in [4.78, 5) is 11.5. The molecule has 7 heteroatoms. The molecule has 0 atom stereocenters. The first-order valence-electron chi connectivity index (χ1n) is 5.99. The molecule has 0 bridgehead atoms. The van der Waals surface area contributed by atoms with Crippen molar-refractivity contribution >= 4 is 50.8 Å². The average Bonchev–Trinajstić information content (AvgIpc) is 2.84. The number of methoxy groups -OCH3 is 1. The molecule has 2 rings (SSSR count). The van der Waals surface area contributed by atoms with Gasteiger partial charge in [-0.25, -0.2) is 4.79 Å². The molecule has 1 N–H and O–H groups in total. The maximum absolute atomic E-state index is 11.5. The Morgan fingerprint density at radius 2 is 2.10 bits per heavy atom. The molecule has 0 unspecified atom stereocenters. The van der Waals surface area contributed by atoms with Gasteiger partial charge in [0.05, 0.1) is 29.4 Å². The minimum absolute atomic E-state index is 0.371. The van der Waals surface area contributed by atoms with Crippen molar-refractivity contribution in [3.05, 3.63) is 49.8 Å². The molecule has 112 valence electrons. The van der Waals surface area contributed by atoms with E-state index in [1.165, 1.54) is 7.11 Å². The van der Waals surface area contributed by atoms with E-state index in [1.807, 2.05) is 0 Å². The van der Waals surface area contributed by atoms with E-state index in [0.717, 1.165) is 4.47 Å². The highest BCUT2D eigenvalue weighted by molar-refractivity contribution is 9.10. The summed E-state index contributed by atoms with van der Waals surface area (Å²) in [5.41, 5.74) is 1.09. The molecular formula is C14H12BrCl2NO3. The third kappa shape index (κ3) is 3.54. The van der Waals surface area contributed by atoms with Crippen LogP contribution in [0, 0.1) is 6.92 Å². The van der Waals surface area contributed by atoms with Crippen LogP contribution >= 0.6 is 39.1 Å². The summed E-state index contributed by atoms with van der Waals surface area (Å²) in [5.74, 6) is 0.689. The van der Waals surface area contributed by atoms with Gasteiger partial charge in [0.25, 0.3) is 0 Å². The number of rotatable bonds is 4. The number of esters is 1. The van der Waals surface area contributed by atoms with Crippen LogP contribution in [0.3, 0.4) is 0 Å². The number of benzene rings is 1. The second-order valence-corrected chi connectivity index (χ2v) is 5.86. The summed E-state index contributed by atoms with van der Waals surface area (Å²) in [6, 6.07) is 5.24. The van der Waals surface area contributed by atoms with Crippen LogP contribution in [0.15, 0.2) is 27.1 Å². The summed E-state index contributed by atoms with van der Waals surface area (Å²) in [7, 11) is 1.33. The lowest BCUT2D eigenvalue weighted by molar-refractivity contribution is 0.0599. The molecule has 2 aromatic rings. The van der Waals surface area contributed by atoms with Crippen molar-refractivity contribution < 1.29 is 13.9 Å². The Balaban J connectivity index is 2.14. The summed E-state index contributed by atoms with van der Waals surface area (Å²) in [6.45, 7) is 2.08. The molecular weight excluding hydrogens is 381 g/mol. The Bertz CT molecular complexity index is 685. The van der Waals surface area contributed by atoms with Crippen LogP contribution in [0.4, 0.5) is 5.69 Å². The molecule has 0 aliphatic carbocycles. The molecule has 0 radical (unpaired) electrons. The van der Waals surface area contributed by atoms with E-state index < -0.39 is 5.97 Å². The van der Waals surface area contributed by atoms with Crippen molar-refractivity contribution in [2.75, 3.05) is 12.4 Å². The fourth-order valence-electron chi connectivity index (χ4n) is 1.79. The first-order chi connectivity index (χ1) is 9.93. The molecule has 0 aliphatic rings.